The minimum Gasteiger partial charge on any atom is -0.372 e. The lowest BCUT2D eigenvalue weighted by Gasteiger charge is -2.31. The maximum absolute atomic E-state index is 6.47. The molecule has 1 aliphatic rings. The van der Waals surface area contributed by atoms with Gasteiger partial charge in [0.2, 0.25) is 0 Å². The summed E-state index contributed by atoms with van der Waals surface area (Å²) in [7, 11) is 0. The molecule has 1 aliphatic carbocycles. The third kappa shape index (κ3) is 2.87. The van der Waals surface area contributed by atoms with Crippen LogP contribution in [0.1, 0.15) is 62.8 Å². The van der Waals surface area contributed by atoms with Crippen LogP contribution in [0.3, 0.4) is 0 Å². The van der Waals surface area contributed by atoms with Crippen LogP contribution in [-0.4, -0.2) is 11.6 Å². The first-order chi connectivity index (χ1) is 8.15. The number of ether oxygens (including phenoxy) is 1. The van der Waals surface area contributed by atoms with Gasteiger partial charge >= 0.3 is 0 Å². The number of rotatable bonds is 4. The second-order valence-electron chi connectivity index (χ2n) is 4.89. The Hall–Kier alpha value is -0.450. The number of hydrogen-bond acceptors (Lipinski definition) is 4. The van der Waals surface area contributed by atoms with Crippen molar-refractivity contribution in [3.63, 3.8) is 0 Å². The third-order valence-corrected chi connectivity index (χ3v) is 4.55. The van der Waals surface area contributed by atoms with Crippen LogP contribution in [0, 0.1) is 0 Å². The first kappa shape index (κ1) is 13.0. The second-order valence-corrected chi connectivity index (χ2v) is 5.78. The Morgan fingerprint density at radius 1 is 1.47 bits per heavy atom. The molecule has 0 aliphatic heterocycles. The number of aromatic nitrogens is 1. The first-order valence-electron chi connectivity index (χ1n) is 6.52. The fourth-order valence-corrected chi connectivity index (χ4v) is 3.39. The second kappa shape index (κ2) is 5.46. The number of nitrogens with zero attached hydrogens (tertiary/aromatic N) is 1. The van der Waals surface area contributed by atoms with Gasteiger partial charge in [-0.05, 0) is 26.7 Å². The molecular weight excluding hydrogens is 232 g/mol. The van der Waals surface area contributed by atoms with Gasteiger partial charge in [0.1, 0.15) is 11.1 Å². The van der Waals surface area contributed by atoms with Crippen molar-refractivity contribution in [1.29, 1.82) is 0 Å². The Morgan fingerprint density at radius 2 is 2.18 bits per heavy atom. The molecular formula is C13H22N2OS. The quantitative estimate of drug-likeness (QED) is 0.896. The SMILES string of the molecule is CCOC(C)c1nc(C2(N)CCCCC2)cs1. The molecule has 1 fully saturated rings. The topological polar surface area (TPSA) is 48.1 Å². The van der Waals surface area contributed by atoms with Crippen molar-refractivity contribution in [2.24, 2.45) is 5.73 Å². The molecule has 3 nitrogen and oxygen atoms in total. The average molecular weight is 254 g/mol. The number of hydrogen-bond donors (Lipinski definition) is 1. The van der Waals surface area contributed by atoms with E-state index in [1.165, 1.54) is 19.3 Å². The highest BCUT2D eigenvalue weighted by Crippen LogP contribution is 2.36. The minimum atomic E-state index is -0.182. The van der Waals surface area contributed by atoms with Crippen molar-refractivity contribution >= 4 is 11.3 Å². The maximum Gasteiger partial charge on any atom is 0.122 e. The number of nitrogens with two attached hydrogens (primary N) is 1. The monoisotopic (exact) mass is 254 g/mol. The van der Waals surface area contributed by atoms with Crippen LogP contribution in [0.25, 0.3) is 0 Å². The Labute approximate surface area is 107 Å². The lowest BCUT2D eigenvalue weighted by atomic mass is 9.81. The lowest BCUT2D eigenvalue weighted by Crippen LogP contribution is -2.39. The van der Waals surface area contributed by atoms with Crippen LogP contribution in [0.4, 0.5) is 0 Å². The zero-order chi connectivity index (χ0) is 12.3. The Bertz CT molecular complexity index is 358. The summed E-state index contributed by atoms with van der Waals surface area (Å²) < 4.78 is 5.57. The van der Waals surface area contributed by atoms with E-state index in [1.807, 2.05) is 6.92 Å². The summed E-state index contributed by atoms with van der Waals surface area (Å²) in [5.41, 5.74) is 7.36. The molecule has 96 valence electrons. The molecule has 17 heavy (non-hydrogen) atoms. The van der Waals surface area contributed by atoms with Gasteiger partial charge in [-0.2, -0.15) is 0 Å². The predicted octanol–water partition coefficient (Wildman–Crippen LogP) is 3.36. The third-order valence-electron chi connectivity index (χ3n) is 3.54. The standard InChI is InChI=1S/C13H22N2OS/c1-3-16-10(2)12-15-11(9-17-12)13(14)7-5-4-6-8-13/h9-10H,3-8,14H2,1-2H3. The molecule has 0 aromatic carbocycles. The van der Waals surface area contributed by atoms with Crippen molar-refractivity contribution in [3.8, 4) is 0 Å². The van der Waals surface area contributed by atoms with E-state index in [0.717, 1.165) is 30.2 Å². The van der Waals surface area contributed by atoms with Gasteiger partial charge in [-0.1, -0.05) is 19.3 Å². The van der Waals surface area contributed by atoms with E-state index in [4.69, 9.17) is 15.5 Å². The molecule has 1 aromatic heterocycles. The zero-order valence-electron chi connectivity index (χ0n) is 10.7. The predicted molar refractivity (Wildman–Crippen MR) is 71.1 cm³/mol. The van der Waals surface area contributed by atoms with Crippen molar-refractivity contribution in [3.05, 3.63) is 16.1 Å². The summed E-state index contributed by atoms with van der Waals surface area (Å²) >= 11 is 1.67. The summed E-state index contributed by atoms with van der Waals surface area (Å²) in [6.07, 6.45) is 5.99. The fraction of sp³-hybridized carbons (Fsp3) is 0.769. The van der Waals surface area contributed by atoms with Gasteiger partial charge in [0, 0.05) is 12.0 Å². The molecule has 2 N–H and O–H groups in total. The molecule has 1 aromatic rings. The van der Waals surface area contributed by atoms with E-state index in [1.54, 1.807) is 11.3 Å². The highest BCUT2D eigenvalue weighted by Gasteiger charge is 2.32. The van der Waals surface area contributed by atoms with Crippen molar-refractivity contribution < 1.29 is 4.74 Å². The van der Waals surface area contributed by atoms with E-state index >= 15 is 0 Å². The van der Waals surface area contributed by atoms with E-state index in [2.05, 4.69) is 12.3 Å². The van der Waals surface area contributed by atoms with E-state index in [-0.39, 0.29) is 11.6 Å². The molecule has 1 unspecified atom stereocenters. The highest BCUT2D eigenvalue weighted by molar-refractivity contribution is 7.09. The van der Waals surface area contributed by atoms with Crippen molar-refractivity contribution in [2.75, 3.05) is 6.61 Å². The van der Waals surface area contributed by atoms with Crippen LogP contribution in [0.2, 0.25) is 0 Å². The van der Waals surface area contributed by atoms with Crippen LogP contribution in [0.5, 0.6) is 0 Å². The van der Waals surface area contributed by atoms with Gasteiger partial charge in [-0.25, -0.2) is 4.98 Å². The lowest BCUT2D eigenvalue weighted by molar-refractivity contribution is 0.0759. The number of thiazole rings is 1. The summed E-state index contributed by atoms with van der Waals surface area (Å²) in [6.45, 7) is 4.79. The minimum absolute atomic E-state index is 0.0888. The molecule has 2 rings (SSSR count). The molecule has 0 bridgehead atoms. The first-order valence-corrected chi connectivity index (χ1v) is 7.40. The van der Waals surface area contributed by atoms with Gasteiger partial charge in [-0.3, -0.25) is 0 Å². The van der Waals surface area contributed by atoms with E-state index < -0.39 is 0 Å². The normalized spacial score (nSPS) is 21.4. The fourth-order valence-electron chi connectivity index (χ4n) is 2.46. The molecule has 0 saturated heterocycles. The van der Waals surface area contributed by atoms with Gasteiger partial charge in [0.25, 0.3) is 0 Å². The summed E-state index contributed by atoms with van der Waals surface area (Å²) in [5, 5.41) is 3.17. The van der Waals surface area contributed by atoms with Gasteiger partial charge in [0.15, 0.2) is 0 Å². The van der Waals surface area contributed by atoms with E-state index in [0.29, 0.717) is 0 Å². The van der Waals surface area contributed by atoms with Crippen LogP contribution in [-0.2, 0) is 10.3 Å². The molecule has 1 saturated carbocycles. The molecule has 0 spiro atoms. The molecule has 4 heteroatoms. The van der Waals surface area contributed by atoms with Gasteiger partial charge in [0.05, 0.1) is 11.2 Å². The van der Waals surface area contributed by atoms with Crippen molar-refractivity contribution in [2.45, 2.75) is 57.6 Å². The highest BCUT2D eigenvalue weighted by atomic mass is 32.1. The van der Waals surface area contributed by atoms with Gasteiger partial charge in [-0.15, -0.1) is 11.3 Å². The summed E-state index contributed by atoms with van der Waals surface area (Å²) in [5.74, 6) is 0. The Kier molecular flexibility index (Phi) is 4.17. The molecule has 1 heterocycles. The van der Waals surface area contributed by atoms with Gasteiger partial charge < -0.3 is 10.5 Å². The van der Waals surface area contributed by atoms with Crippen molar-refractivity contribution in [1.82, 2.24) is 4.98 Å². The van der Waals surface area contributed by atoms with E-state index in [9.17, 15) is 0 Å². The Balaban J connectivity index is 2.11. The molecule has 0 radical (unpaired) electrons. The zero-order valence-corrected chi connectivity index (χ0v) is 11.6. The van der Waals surface area contributed by atoms with Crippen LogP contribution in [0.15, 0.2) is 5.38 Å². The summed E-state index contributed by atoms with van der Waals surface area (Å²) in [6, 6.07) is 0. The largest absolute Gasteiger partial charge is 0.372 e. The smallest absolute Gasteiger partial charge is 0.122 e. The van der Waals surface area contributed by atoms with Crippen LogP contribution < -0.4 is 5.73 Å². The maximum atomic E-state index is 6.47. The molecule has 1 atom stereocenters. The average Bonchev–Trinajstić information content (AvgIpc) is 2.80. The summed E-state index contributed by atoms with van der Waals surface area (Å²) in [4.78, 5) is 4.69. The molecule has 0 amide bonds. The Morgan fingerprint density at radius 3 is 2.82 bits per heavy atom. The van der Waals surface area contributed by atoms with Crippen LogP contribution >= 0.6 is 11.3 Å².